The van der Waals surface area contributed by atoms with Crippen molar-refractivity contribution >= 4 is 16.9 Å². The van der Waals surface area contributed by atoms with Crippen LogP contribution in [-0.4, -0.2) is 10.9 Å². The molecule has 0 aliphatic heterocycles. The number of hydrogen-bond donors (Lipinski definition) is 3. The summed E-state index contributed by atoms with van der Waals surface area (Å²) >= 11 is 1.16. The molecule has 0 saturated carbocycles. The molecule has 3 nitrogen and oxygen atoms in total. The molecule has 0 aliphatic carbocycles. The molecule has 0 amide bonds. The summed E-state index contributed by atoms with van der Waals surface area (Å²) in [5, 5.41) is 6.78. The van der Waals surface area contributed by atoms with Crippen molar-refractivity contribution in [3.05, 3.63) is 0 Å². The molecule has 0 aromatic rings. The molecule has 0 aliphatic rings. The second-order valence-electron chi connectivity index (χ2n) is 0.974. The van der Waals surface area contributed by atoms with Crippen LogP contribution in [0.5, 0.6) is 0 Å². The standard InChI is InChI=1S/C4H7N3S/c5-2-1-3-8-4(6)7/h3,5H2,(H3,6,7). The van der Waals surface area contributed by atoms with Gasteiger partial charge in [0.15, 0.2) is 5.17 Å². The molecule has 0 unspecified atom stereocenters. The molecule has 0 aromatic carbocycles. The van der Waals surface area contributed by atoms with Gasteiger partial charge < -0.3 is 11.5 Å². The zero-order valence-corrected chi connectivity index (χ0v) is 5.09. The van der Waals surface area contributed by atoms with E-state index in [4.69, 9.17) is 16.9 Å². The van der Waals surface area contributed by atoms with Gasteiger partial charge in [-0.05, 0) is 0 Å². The van der Waals surface area contributed by atoms with E-state index >= 15 is 0 Å². The van der Waals surface area contributed by atoms with Gasteiger partial charge in [0.25, 0.3) is 0 Å². The van der Waals surface area contributed by atoms with Crippen LogP contribution in [-0.2, 0) is 0 Å². The van der Waals surface area contributed by atoms with Crippen molar-refractivity contribution in [2.24, 2.45) is 11.5 Å². The van der Waals surface area contributed by atoms with E-state index in [1.54, 1.807) is 0 Å². The van der Waals surface area contributed by atoms with Crippen molar-refractivity contribution in [3.8, 4) is 12.0 Å². The zero-order chi connectivity index (χ0) is 6.41. The van der Waals surface area contributed by atoms with E-state index in [9.17, 15) is 0 Å². The maximum absolute atomic E-state index is 6.70. The molecular formula is C4H7N3S. The number of nitrogens with two attached hydrogens (primary N) is 2. The van der Waals surface area contributed by atoms with Crippen LogP contribution in [0.15, 0.2) is 0 Å². The van der Waals surface area contributed by atoms with Crippen LogP contribution in [0.3, 0.4) is 0 Å². The van der Waals surface area contributed by atoms with Gasteiger partial charge >= 0.3 is 0 Å². The fourth-order valence-electron chi connectivity index (χ4n) is 0.156. The van der Waals surface area contributed by atoms with Crippen LogP contribution < -0.4 is 11.5 Å². The van der Waals surface area contributed by atoms with Crippen molar-refractivity contribution in [2.45, 2.75) is 0 Å². The molecule has 0 atom stereocenters. The summed E-state index contributed by atoms with van der Waals surface area (Å²) in [6.07, 6.45) is 0. The monoisotopic (exact) mass is 129 g/mol. The molecule has 0 radical (unpaired) electrons. The van der Waals surface area contributed by atoms with Crippen LogP contribution in [0, 0.1) is 17.4 Å². The first kappa shape index (κ1) is 7.18. The van der Waals surface area contributed by atoms with E-state index in [2.05, 4.69) is 12.0 Å². The molecular weight excluding hydrogens is 122 g/mol. The van der Waals surface area contributed by atoms with Gasteiger partial charge in [-0.15, -0.1) is 0 Å². The minimum Gasteiger partial charge on any atom is -0.379 e. The molecule has 44 valence electrons. The number of rotatable bonds is 1. The molecule has 0 aromatic heterocycles. The van der Waals surface area contributed by atoms with E-state index < -0.39 is 0 Å². The van der Waals surface area contributed by atoms with Crippen molar-refractivity contribution in [3.63, 3.8) is 0 Å². The topological polar surface area (TPSA) is 75.9 Å². The van der Waals surface area contributed by atoms with Gasteiger partial charge in [0.1, 0.15) is 0 Å². The smallest absolute Gasteiger partial charge is 0.151 e. The molecule has 0 saturated heterocycles. The SMILES string of the molecule is N=C(N)SCC#CN. The summed E-state index contributed by atoms with van der Waals surface area (Å²) in [7, 11) is 0. The number of thioether (sulfide) groups is 1. The molecule has 0 heterocycles. The first-order valence-corrected chi connectivity index (χ1v) is 2.91. The highest BCUT2D eigenvalue weighted by Crippen LogP contribution is 1.93. The van der Waals surface area contributed by atoms with E-state index in [-0.39, 0.29) is 5.17 Å². The predicted octanol–water partition coefficient (Wildman–Crippen LogP) is -0.467. The van der Waals surface area contributed by atoms with Gasteiger partial charge in [0.2, 0.25) is 0 Å². The number of amidine groups is 1. The van der Waals surface area contributed by atoms with Crippen LogP contribution >= 0.6 is 11.8 Å². The third-order valence-electron chi connectivity index (χ3n) is 0.402. The molecule has 5 N–H and O–H groups in total. The Morgan fingerprint density at radius 1 is 1.75 bits per heavy atom. The van der Waals surface area contributed by atoms with Crippen LogP contribution in [0.4, 0.5) is 0 Å². The molecule has 8 heavy (non-hydrogen) atoms. The first-order chi connectivity index (χ1) is 3.77. The molecule has 0 spiro atoms. The highest BCUT2D eigenvalue weighted by Gasteiger charge is 1.82. The summed E-state index contributed by atoms with van der Waals surface area (Å²) in [5.74, 6) is 3.06. The number of hydrogen-bond acceptors (Lipinski definition) is 3. The van der Waals surface area contributed by atoms with E-state index in [1.807, 2.05) is 0 Å². The fourth-order valence-corrected chi connectivity index (χ4v) is 0.467. The van der Waals surface area contributed by atoms with Gasteiger partial charge in [-0.25, -0.2) is 0 Å². The second-order valence-corrected chi connectivity index (χ2v) is 1.99. The molecule has 0 rings (SSSR count). The largest absolute Gasteiger partial charge is 0.379 e. The highest BCUT2D eigenvalue weighted by atomic mass is 32.2. The lowest BCUT2D eigenvalue weighted by Crippen LogP contribution is -2.03. The summed E-state index contributed by atoms with van der Waals surface area (Å²) in [5.41, 5.74) is 9.80. The van der Waals surface area contributed by atoms with E-state index in [0.717, 1.165) is 11.8 Å². The highest BCUT2D eigenvalue weighted by molar-refractivity contribution is 8.13. The lowest BCUT2D eigenvalue weighted by molar-refractivity contribution is 1.50. The van der Waals surface area contributed by atoms with Crippen LogP contribution in [0.2, 0.25) is 0 Å². The van der Waals surface area contributed by atoms with Crippen molar-refractivity contribution in [1.82, 2.24) is 0 Å². The minimum atomic E-state index is 0.0766. The van der Waals surface area contributed by atoms with Crippen LogP contribution in [0.25, 0.3) is 0 Å². The quantitative estimate of drug-likeness (QED) is 0.194. The van der Waals surface area contributed by atoms with Gasteiger partial charge in [-0.2, -0.15) is 0 Å². The Bertz CT molecular complexity index is 132. The molecule has 4 heteroatoms. The molecule has 0 bridgehead atoms. The van der Waals surface area contributed by atoms with Crippen LogP contribution in [0.1, 0.15) is 0 Å². The first-order valence-electron chi connectivity index (χ1n) is 1.92. The number of nitrogens with one attached hydrogen (secondary N) is 1. The summed E-state index contributed by atoms with van der Waals surface area (Å²) in [4.78, 5) is 0. The Hall–Kier alpha value is -0.820. The lowest BCUT2D eigenvalue weighted by atomic mass is 10.8. The van der Waals surface area contributed by atoms with E-state index in [1.165, 1.54) is 0 Å². The maximum Gasteiger partial charge on any atom is 0.151 e. The Morgan fingerprint density at radius 3 is 2.75 bits per heavy atom. The van der Waals surface area contributed by atoms with Gasteiger partial charge in [0.05, 0.1) is 5.75 Å². The molecule has 0 fully saturated rings. The maximum atomic E-state index is 6.70. The Morgan fingerprint density at radius 2 is 2.38 bits per heavy atom. The predicted molar refractivity (Wildman–Crippen MR) is 36.3 cm³/mol. The van der Waals surface area contributed by atoms with Gasteiger partial charge in [0, 0.05) is 6.04 Å². The zero-order valence-electron chi connectivity index (χ0n) is 4.27. The van der Waals surface area contributed by atoms with E-state index in [0.29, 0.717) is 5.75 Å². The van der Waals surface area contributed by atoms with Crippen molar-refractivity contribution < 1.29 is 0 Å². The second kappa shape index (κ2) is 4.34. The Kier molecular flexibility index (Phi) is 3.90. The Balaban J connectivity index is 3.14. The van der Waals surface area contributed by atoms with Crippen molar-refractivity contribution in [2.75, 3.05) is 5.75 Å². The lowest BCUT2D eigenvalue weighted by Gasteiger charge is -1.86. The normalized spacial score (nSPS) is 7.00. The average molecular weight is 129 g/mol. The van der Waals surface area contributed by atoms with Gasteiger partial charge in [-0.3, -0.25) is 5.41 Å². The summed E-state index contributed by atoms with van der Waals surface area (Å²) < 4.78 is 0. The third-order valence-corrected chi connectivity index (χ3v) is 1.00. The average Bonchev–Trinajstić information content (AvgIpc) is 1.66. The summed E-state index contributed by atoms with van der Waals surface area (Å²) in [6, 6.07) is 2.20. The third kappa shape index (κ3) is 5.18. The van der Waals surface area contributed by atoms with Crippen molar-refractivity contribution in [1.29, 1.82) is 5.41 Å². The Labute approximate surface area is 52.3 Å². The minimum absolute atomic E-state index is 0.0766. The van der Waals surface area contributed by atoms with Gasteiger partial charge in [-0.1, -0.05) is 17.7 Å². The summed E-state index contributed by atoms with van der Waals surface area (Å²) in [6.45, 7) is 0. The fraction of sp³-hybridized carbons (Fsp3) is 0.250.